The molecule has 0 rings (SSSR count). The molecular weight excluding hydrogens is 162 g/mol. The molecule has 2 nitrogen and oxygen atoms in total. The summed E-state index contributed by atoms with van der Waals surface area (Å²) in [5.74, 6) is -0.0301. The zero-order valence-electron chi connectivity index (χ0n) is 7.44. The molecule has 0 N–H and O–H groups in total. The van der Waals surface area contributed by atoms with E-state index < -0.39 is 5.41 Å². The van der Waals surface area contributed by atoms with Gasteiger partial charge in [0.15, 0.2) is 0 Å². The summed E-state index contributed by atoms with van der Waals surface area (Å²) in [6, 6.07) is 0. The Morgan fingerprint density at radius 2 is 1.82 bits per heavy atom. The second kappa shape index (κ2) is 3.26. The van der Waals surface area contributed by atoms with Crippen molar-refractivity contribution in [1.82, 2.24) is 4.90 Å². The third-order valence-corrected chi connectivity index (χ3v) is 2.09. The fraction of sp³-hybridized carbons (Fsp3) is 0.625. The van der Waals surface area contributed by atoms with E-state index in [4.69, 9.17) is 11.6 Å². The van der Waals surface area contributed by atoms with Gasteiger partial charge in [-0.3, -0.25) is 4.79 Å². The Morgan fingerprint density at radius 3 is 1.91 bits per heavy atom. The minimum atomic E-state index is -0.662. The molecule has 0 bridgehead atoms. The second-order valence-electron chi connectivity index (χ2n) is 3.23. The Morgan fingerprint density at radius 1 is 1.45 bits per heavy atom. The lowest BCUT2D eigenvalue weighted by Gasteiger charge is -2.25. The van der Waals surface area contributed by atoms with Crippen LogP contribution >= 0.6 is 11.6 Å². The minimum absolute atomic E-state index is 0.0301. The molecular formula is C8H14ClNO. The Hall–Kier alpha value is -0.500. The van der Waals surface area contributed by atoms with Crippen molar-refractivity contribution in [3.05, 3.63) is 11.6 Å². The maximum atomic E-state index is 11.4. The van der Waals surface area contributed by atoms with Gasteiger partial charge in [-0.15, -0.1) is 0 Å². The molecule has 1 amide bonds. The highest BCUT2D eigenvalue weighted by atomic mass is 35.5. The van der Waals surface area contributed by atoms with E-state index in [-0.39, 0.29) is 5.91 Å². The first kappa shape index (κ1) is 10.5. The number of hydrogen-bond donors (Lipinski definition) is 0. The highest BCUT2D eigenvalue weighted by Crippen LogP contribution is 2.29. The standard InChI is InChI=1S/C8H14ClNO/c1-6(9)8(2,3)7(11)10(4)5/h1H2,2-5H3. The third-order valence-electron chi connectivity index (χ3n) is 1.62. The SMILES string of the molecule is C=C(Cl)C(C)(C)C(=O)N(C)C. The van der Waals surface area contributed by atoms with Gasteiger partial charge in [-0.2, -0.15) is 0 Å². The van der Waals surface area contributed by atoms with Gasteiger partial charge >= 0.3 is 0 Å². The molecule has 0 aliphatic carbocycles. The molecule has 0 aromatic rings. The summed E-state index contributed by atoms with van der Waals surface area (Å²) in [7, 11) is 3.40. The van der Waals surface area contributed by atoms with Crippen LogP contribution in [0.15, 0.2) is 11.6 Å². The molecule has 0 atom stereocenters. The lowest BCUT2D eigenvalue weighted by atomic mass is 9.92. The molecule has 0 saturated carbocycles. The molecule has 0 fully saturated rings. The monoisotopic (exact) mass is 175 g/mol. The Bertz CT molecular complexity index is 185. The first-order valence-corrected chi connectivity index (χ1v) is 3.74. The first-order chi connectivity index (χ1) is 4.80. The molecule has 3 heteroatoms. The van der Waals surface area contributed by atoms with Crippen LogP contribution in [0.3, 0.4) is 0 Å². The molecule has 0 unspecified atom stereocenters. The first-order valence-electron chi connectivity index (χ1n) is 3.36. The minimum Gasteiger partial charge on any atom is -0.348 e. The highest BCUT2D eigenvalue weighted by Gasteiger charge is 2.31. The summed E-state index contributed by atoms with van der Waals surface area (Å²) in [4.78, 5) is 12.9. The smallest absolute Gasteiger partial charge is 0.233 e. The largest absolute Gasteiger partial charge is 0.348 e. The molecule has 64 valence electrons. The zero-order chi connectivity index (χ0) is 9.23. The van der Waals surface area contributed by atoms with Crippen molar-refractivity contribution in [2.45, 2.75) is 13.8 Å². The van der Waals surface area contributed by atoms with Crippen molar-refractivity contribution in [3.8, 4) is 0 Å². The van der Waals surface area contributed by atoms with E-state index in [2.05, 4.69) is 6.58 Å². The summed E-state index contributed by atoms with van der Waals surface area (Å²) >= 11 is 5.67. The fourth-order valence-corrected chi connectivity index (χ4v) is 0.756. The van der Waals surface area contributed by atoms with E-state index in [1.54, 1.807) is 27.9 Å². The third kappa shape index (κ3) is 2.22. The van der Waals surface area contributed by atoms with Gasteiger partial charge in [0, 0.05) is 19.1 Å². The average Bonchev–Trinajstić information content (AvgIpc) is 1.85. The van der Waals surface area contributed by atoms with Gasteiger partial charge in [-0.1, -0.05) is 18.2 Å². The molecule has 0 aromatic carbocycles. The number of nitrogens with zero attached hydrogens (tertiary/aromatic N) is 1. The van der Waals surface area contributed by atoms with Crippen LogP contribution in [0.1, 0.15) is 13.8 Å². The van der Waals surface area contributed by atoms with Gasteiger partial charge < -0.3 is 4.90 Å². The Kier molecular flexibility index (Phi) is 3.12. The Labute approximate surface area is 72.8 Å². The maximum absolute atomic E-state index is 11.4. The van der Waals surface area contributed by atoms with Crippen LogP contribution in [-0.2, 0) is 4.79 Å². The van der Waals surface area contributed by atoms with E-state index in [1.165, 1.54) is 4.90 Å². The Balaban J connectivity index is 4.56. The van der Waals surface area contributed by atoms with Crippen molar-refractivity contribution in [1.29, 1.82) is 0 Å². The summed E-state index contributed by atoms with van der Waals surface area (Å²) in [6.07, 6.45) is 0. The molecule has 0 aromatic heterocycles. The molecule has 0 aliphatic rings. The number of halogens is 1. The molecule has 0 heterocycles. The van der Waals surface area contributed by atoms with E-state index >= 15 is 0 Å². The van der Waals surface area contributed by atoms with Crippen LogP contribution in [0.2, 0.25) is 0 Å². The predicted molar refractivity (Wildman–Crippen MR) is 47.5 cm³/mol. The highest BCUT2D eigenvalue weighted by molar-refractivity contribution is 6.31. The molecule has 0 spiro atoms. The summed E-state index contributed by atoms with van der Waals surface area (Å²) in [5.41, 5.74) is -0.662. The quantitative estimate of drug-likeness (QED) is 0.628. The number of carbonyl (C=O) groups excluding carboxylic acids is 1. The topological polar surface area (TPSA) is 20.3 Å². The van der Waals surface area contributed by atoms with Crippen molar-refractivity contribution in [2.75, 3.05) is 14.1 Å². The summed E-state index contributed by atoms with van der Waals surface area (Å²) in [5, 5.41) is 0.371. The molecule has 0 radical (unpaired) electrons. The van der Waals surface area contributed by atoms with Gasteiger partial charge in [0.2, 0.25) is 5.91 Å². The summed E-state index contributed by atoms with van der Waals surface area (Å²) in [6.45, 7) is 7.06. The lowest BCUT2D eigenvalue weighted by Crippen LogP contribution is -2.36. The summed E-state index contributed by atoms with van der Waals surface area (Å²) < 4.78 is 0. The number of carbonyl (C=O) groups is 1. The number of amides is 1. The van der Waals surface area contributed by atoms with Crippen LogP contribution in [0.25, 0.3) is 0 Å². The van der Waals surface area contributed by atoms with Crippen LogP contribution in [0.5, 0.6) is 0 Å². The van der Waals surface area contributed by atoms with Crippen molar-refractivity contribution < 1.29 is 4.79 Å². The second-order valence-corrected chi connectivity index (χ2v) is 3.69. The fourth-order valence-electron chi connectivity index (χ4n) is 0.675. The molecule has 0 aliphatic heterocycles. The van der Waals surface area contributed by atoms with E-state index in [0.717, 1.165) is 0 Å². The van der Waals surface area contributed by atoms with Gasteiger partial charge in [-0.05, 0) is 13.8 Å². The maximum Gasteiger partial charge on any atom is 0.233 e. The van der Waals surface area contributed by atoms with Crippen molar-refractivity contribution >= 4 is 17.5 Å². The molecule has 11 heavy (non-hydrogen) atoms. The number of hydrogen-bond acceptors (Lipinski definition) is 1. The van der Waals surface area contributed by atoms with Gasteiger partial charge in [0.05, 0.1) is 5.41 Å². The van der Waals surface area contributed by atoms with Crippen LogP contribution in [-0.4, -0.2) is 24.9 Å². The van der Waals surface area contributed by atoms with Gasteiger partial charge in [0.25, 0.3) is 0 Å². The van der Waals surface area contributed by atoms with Crippen molar-refractivity contribution in [2.24, 2.45) is 5.41 Å². The van der Waals surface area contributed by atoms with E-state index in [0.29, 0.717) is 5.03 Å². The zero-order valence-corrected chi connectivity index (χ0v) is 8.20. The van der Waals surface area contributed by atoms with Crippen LogP contribution < -0.4 is 0 Å². The number of rotatable bonds is 2. The van der Waals surface area contributed by atoms with Crippen LogP contribution in [0.4, 0.5) is 0 Å². The molecule has 0 saturated heterocycles. The average molecular weight is 176 g/mol. The van der Waals surface area contributed by atoms with E-state index in [9.17, 15) is 4.79 Å². The van der Waals surface area contributed by atoms with Crippen molar-refractivity contribution in [3.63, 3.8) is 0 Å². The van der Waals surface area contributed by atoms with Gasteiger partial charge in [-0.25, -0.2) is 0 Å². The van der Waals surface area contributed by atoms with E-state index in [1.807, 2.05) is 0 Å². The van der Waals surface area contributed by atoms with Gasteiger partial charge in [0.1, 0.15) is 0 Å². The van der Waals surface area contributed by atoms with Crippen LogP contribution in [0, 0.1) is 5.41 Å². The normalized spacial score (nSPS) is 11.0. The predicted octanol–water partition coefficient (Wildman–Crippen LogP) is 1.85. The lowest BCUT2D eigenvalue weighted by molar-refractivity contribution is -0.135.